The van der Waals surface area contributed by atoms with E-state index in [4.69, 9.17) is 25.8 Å². The Morgan fingerprint density at radius 3 is 2.21 bits per heavy atom. The molecule has 4 rings (SSSR count). The zero-order valence-corrected chi connectivity index (χ0v) is 19.5. The monoisotopic (exact) mass is 471 g/mol. The van der Waals surface area contributed by atoms with Crippen molar-refractivity contribution in [2.75, 3.05) is 21.3 Å². The average Bonchev–Trinajstić information content (AvgIpc) is 3.44. The maximum Gasteiger partial charge on any atom is 0.295 e. The normalized spacial score (nSPS) is 20.4. The molecule has 1 unspecified atom stereocenters. The molecule has 1 atom stereocenters. The fraction of sp³-hybridized carbons (Fsp3) is 0.360. The first-order valence-corrected chi connectivity index (χ1v) is 11.1. The van der Waals surface area contributed by atoms with Crippen LogP contribution in [-0.2, 0) is 9.59 Å². The van der Waals surface area contributed by atoms with E-state index in [9.17, 15) is 14.7 Å². The number of ether oxygens (including phenoxy) is 3. The van der Waals surface area contributed by atoms with Crippen LogP contribution in [0.15, 0.2) is 42.0 Å². The lowest BCUT2D eigenvalue weighted by Gasteiger charge is -2.31. The van der Waals surface area contributed by atoms with Gasteiger partial charge in [-0.3, -0.25) is 9.59 Å². The van der Waals surface area contributed by atoms with Crippen LogP contribution in [0.25, 0.3) is 5.76 Å². The second-order valence-corrected chi connectivity index (χ2v) is 8.54. The Morgan fingerprint density at radius 2 is 1.58 bits per heavy atom. The summed E-state index contributed by atoms with van der Waals surface area (Å²) in [5.74, 6) is -0.351. The van der Waals surface area contributed by atoms with Gasteiger partial charge in [-0.25, -0.2) is 0 Å². The van der Waals surface area contributed by atoms with Crippen LogP contribution in [0.2, 0.25) is 5.02 Å². The van der Waals surface area contributed by atoms with Crippen LogP contribution in [0.1, 0.15) is 42.9 Å². The standard InChI is InChI=1S/C25H26ClNO6/c1-31-18-11-9-15(26)13-17(18)23(28)21-22(14-8-10-19(32-2)20(12-14)33-3)27(25(30)24(21)29)16-6-4-5-7-16/h8-13,16,22,28H,4-7H2,1-3H3/b23-21+. The third-order valence-corrected chi connectivity index (χ3v) is 6.57. The number of amides is 1. The number of Topliss-reactive ketones (excluding diaryl/α,β-unsaturated/α-hetero) is 1. The fourth-order valence-electron chi connectivity index (χ4n) is 4.77. The molecule has 2 aromatic rings. The first kappa shape index (κ1) is 23.0. The van der Waals surface area contributed by atoms with Crippen molar-refractivity contribution >= 4 is 29.1 Å². The Hall–Kier alpha value is -3.19. The molecule has 0 bridgehead atoms. The SMILES string of the molecule is COc1ccc(C2/C(=C(\O)c3cc(Cl)ccc3OC)C(=O)C(=O)N2C2CCCC2)cc1OC. The molecule has 0 aromatic heterocycles. The molecule has 1 saturated carbocycles. The quantitative estimate of drug-likeness (QED) is 0.372. The van der Waals surface area contributed by atoms with Gasteiger partial charge in [0.1, 0.15) is 11.5 Å². The molecule has 0 spiro atoms. The number of hydrogen-bond acceptors (Lipinski definition) is 6. The summed E-state index contributed by atoms with van der Waals surface area (Å²) in [7, 11) is 4.52. The number of aliphatic hydroxyl groups excluding tert-OH is 1. The summed E-state index contributed by atoms with van der Waals surface area (Å²) >= 11 is 6.17. The molecule has 7 nitrogen and oxygen atoms in total. The van der Waals surface area contributed by atoms with E-state index in [0.29, 0.717) is 27.8 Å². The van der Waals surface area contributed by atoms with Gasteiger partial charge in [-0.1, -0.05) is 30.5 Å². The van der Waals surface area contributed by atoms with Crippen LogP contribution in [0, 0.1) is 0 Å². The minimum absolute atomic E-state index is 0.000290. The molecule has 1 aliphatic heterocycles. The highest BCUT2D eigenvalue weighted by Gasteiger charge is 2.49. The molecular weight excluding hydrogens is 446 g/mol. The van der Waals surface area contributed by atoms with Crippen molar-refractivity contribution in [2.24, 2.45) is 0 Å². The molecule has 1 N–H and O–H groups in total. The van der Waals surface area contributed by atoms with E-state index < -0.39 is 17.7 Å². The number of halogens is 1. The summed E-state index contributed by atoms with van der Waals surface area (Å²) in [6.45, 7) is 0. The number of hydrogen-bond donors (Lipinski definition) is 1. The van der Waals surface area contributed by atoms with Crippen molar-refractivity contribution in [1.82, 2.24) is 4.90 Å². The van der Waals surface area contributed by atoms with Crippen LogP contribution in [-0.4, -0.2) is 49.1 Å². The number of carbonyl (C=O) groups is 2. The summed E-state index contributed by atoms with van der Waals surface area (Å²) < 4.78 is 16.2. The van der Waals surface area contributed by atoms with Gasteiger partial charge < -0.3 is 24.2 Å². The van der Waals surface area contributed by atoms with Crippen molar-refractivity contribution in [1.29, 1.82) is 0 Å². The van der Waals surface area contributed by atoms with E-state index >= 15 is 0 Å². The van der Waals surface area contributed by atoms with E-state index in [1.165, 1.54) is 27.4 Å². The smallest absolute Gasteiger partial charge is 0.295 e. The minimum Gasteiger partial charge on any atom is -0.507 e. The minimum atomic E-state index is -0.781. The van der Waals surface area contributed by atoms with Gasteiger partial charge >= 0.3 is 0 Å². The number of likely N-dealkylation sites (tertiary alicyclic amines) is 1. The Labute approximate surface area is 197 Å². The molecule has 8 heteroatoms. The van der Waals surface area contributed by atoms with Gasteiger partial charge in [-0.05, 0) is 48.7 Å². The number of rotatable bonds is 6. The van der Waals surface area contributed by atoms with Gasteiger partial charge in [0, 0.05) is 11.1 Å². The van der Waals surface area contributed by atoms with Gasteiger partial charge in [0.05, 0.1) is 38.5 Å². The van der Waals surface area contributed by atoms with Crippen molar-refractivity contribution in [2.45, 2.75) is 37.8 Å². The topological polar surface area (TPSA) is 85.3 Å². The van der Waals surface area contributed by atoms with E-state index in [1.807, 2.05) is 0 Å². The summed E-state index contributed by atoms with van der Waals surface area (Å²) in [5.41, 5.74) is 0.890. The number of ketones is 1. The molecule has 0 radical (unpaired) electrons. The highest BCUT2D eigenvalue weighted by molar-refractivity contribution is 6.46. The lowest BCUT2D eigenvalue weighted by Crippen LogP contribution is -2.37. The third kappa shape index (κ3) is 4.02. The Kier molecular flexibility index (Phi) is 6.51. The second-order valence-electron chi connectivity index (χ2n) is 8.10. The maximum atomic E-state index is 13.3. The van der Waals surface area contributed by atoms with Crippen molar-refractivity contribution in [3.8, 4) is 17.2 Å². The van der Waals surface area contributed by atoms with Crippen LogP contribution in [0.4, 0.5) is 0 Å². The molecule has 1 amide bonds. The van der Waals surface area contributed by atoms with E-state index in [-0.39, 0.29) is 22.9 Å². The Balaban J connectivity index is 1.95. The van der Waals surface area contributed by atoms with Gasteiger partial charge in [-0.2, -0.15) is 0 Å². The van der Waals surface area contributed by atoms with Crippen molar-refractivity contribution in [3.63, 3.8) is 0 Å². The number of methoxy groups -OCH3 is 3. The predicted octanol–water partition coefficient (Wildman–Crippen LogP) is 4.73. The maximum absolute atomic E-state index is 13.3. The number of nitrogens with zero attached hydrogens (tertiary/aromatic N) is 1. The molecular formula is C25H26ClNO6. The Morgan fingerprint density at radius 1 is 0.939 bits per heavy atom. The van der Waals surface area contributed by atoms with Gasteiger partial charge in [0.25, 0.3) is 11.7 Å². The molecule has 1 heterocycles. The lowest BCUT2D eigenvalue weighted by molar-refractivity contribution is -0.141. The summed E-state index contributed by atoms with van der Waals surface area (Å²) in [6.07, 6.45) is 3.57. The summed E-state index contributed by atoms with van der Waals surface area (Å²) in [6, 6.07) is 9.12. The first-order valence-electron chi connectivity index (χ1n) is 10.8. The van der Waals surface area contributed by atoms with Crippen LogP contribution < -0.4 is 14.2 Å². The highest BCUT2D eigenvalue weighted by Crippen LogP contribution is 2.46. The number of benzene rings is 2. The largest absolute Gasteiger partial charge is 0.507 e. The molecule has 2 aliphatic rings. The van der Waals surface area contributed by atoms with E-state index in [0.717, 1.165) is 25.7 Å². The molecule has 1 saturated heterocycles. The fourth-order valence-corrected chi connectivity index (χ4v) is 4.94. The van der Waals surface area contributed by atoms with E-state index in [1.54, 1.807) is 35.2 Å². The molecule has 2 fully saturated rings. The number of carbonyl (C=O) groups excluding carboxylic acids is 2. The summed E-state index contributed by atoms with van der Waals surface area (Å²) in [4.78, 5) is 28.1. The summed E-state index contributed by atoms with van der Waals surface area (Å²) in [5, 5.41) is 11.7. The molecule has 1 aliphatic carbocycles. The van der Waals surface area contributed by atoms with Crippen molar-refractivity contribution < 1.29 is 28.9 Å². The third-order valence-electron chi connectivity index (χ3n) is 6.34. The lowest BCUT2D eigenvalue weighted by atomic mass is 9.94. The molecule has 2 aromatic carbocycles. The van der Waals surface area contributed by atoms with Gasteiger partial charge in [0.15, 0.2) is 11.5 Å². The van der Waals surface area contributed by atoms with Crippen LogP contribution in [0.3, 0.4) is 0 Å². The van der Waals surface area contributed by atoms with Gasteiger partial charge in [0.2, 0.25) is 0 Å². The van der Waals surface area contributed by atoms with Gasteiger partial charge in [-0.15, -0.1) is 0 Å². The van der Waals surface area contributed by atoms with Crippen molar-refractivity contribution in [3.05, 3.63) is 58.1 Å². The average molecular weight is 472 g/mol. The molecule has 33 heavy (non-hydrogen) atoms. The van der Waals surface area contributed by atoms with E-state index in [2.05, 4.69) is 0 Å². The second kappa shape index (κ2) is 9.35. The first-order chi connectivity index (χ1) is 15.9. The molecule has 174 valence electrons. The zero-order chi connectivity index (χ0) is 23.7. The Bertz CT molecular complexity index is 1120. The van der Waals surface area contributed by atoms with Crippen LogP contribution in [0.5, 0.6) is 17.2 Å². The zero-order valence-electron chi connectivity index (χ0n) is 18.8. The number of aliphatic hydroxyl groups is 1. The predicted molar refractivity (Wildman–Crippen MR) is 124 cm³/mol. The highest BCUT2D eigenvalue weighted by atomic mass is 35.5. The van der Waals surface area contributed by atoms with Crippen LogP contribution >= 0.6 is 11.6 Å².